The van der Waals surface area contributed by atoms with Gasteiger partial charge in [0, 0.05) is 50.2 Å². The summed E-state index contributed by atoms with van der Waals surface area (Å²) in [6.45, 7) is 5.73. The van der Waals surface area contributed by atoms with E-state index in [2.05, 4.69) is 11.9 Å². The lowest BCUT2D eigenvalue weighted by molar-refractivity contribution is -0.118. The number of carbonyl (C=O) groups excluding carboxylic acids is 3. The van der Waals surface area contributed by atoms with E-state index in [0.717, 1.165) is 78.1 Å². The average molecular weight is 560 g/mol. The van der Waals surface area contributed by atoms with Crippen molar-refractivity contribution in [3.63, 3.8) is 0 Å². The standard InChI is InChI=1S/C33H41N3O5/c1-4-27-22-33(2,34-27)41-32(39)35(17-14-23-9-8-10-28(19-23)40-3)16-7-5-6-11-29(37)26-20-24-12-13-30(38)36-18-15-25(21-26)31(24)36/h8-10,19-21H,4-7,11-18,22H2,1-3H3. The lowest BCUT2D eigenvalue weighted by atomic mass is 9.94. The molecule has 3 aliphatic heterocycles. The molecule has 0 N–H and O–H groups in total. The summed E-state index contributed by atoms with van der Waals surface area (Å²) in [5, 5.41) is 0. The fraction of sp³-hybridized carbons (Fsp3) is 0.515. The molecule has 0 aliphatic carbocycles. The van der Waals surface area contributed by atoms with Crippen molar-refractivity contribution in [1.29, 1.82) is 0 Å². The third-order valence-electron chi connectivity index (χ3n) is 8.41. The molecule has 41 heavy (non-hydrogen) atoms. The molecule has 0 saturated heterocycles. The number of rotatable bonds is 13. The summed E-state index contributed by atoms with van der Waals surface area (Å²) in [5.74, 6) is 1.14. The molecule has 0 aromatic heterocycles. The molecule has 0 radical (unpaired) electrons. The summed E-state index contributed by atoms with van der Waals surface area (Å²) in [6.07, 6.45) is 6.81. The van der Waals surface area contributed by atoms with Crippen molar-refractivity contribution in [2.45, 2.75) is 83.8 Å². The zero-order valence-electron chi connectivity index (χ0n) is 24.5. The molecule has 5 rings (SSSR count). The van der Waals surface area contributed by atoms with Crippen LogP contribution in [0.25, 0.3) is 0 Å². The average Bonchev–Trinajstić information content (AvgIpc) is 3.40. The molecule has 3 aliphatic rings. The predicted molar refractivity (Wildman–Crippen MR) is 159 cm³/mol. The lowest BCUT2D eigenvalue weighted by Crippen LogP contribution is -2.45. The predicted octanol–water partition coefficient (Wildman–Crippen LogP) is 5.93. The maximum atomic E-state index is 13.2. The second kappa shape index (κ2) is 12.5. The molecule has 8 heteroatoms. The number of ketones is 1. The van der Waals surface area contributed by atoms with Gasteiger partial charge in [-0.3, -0.25) is 9.59 Å². The summed E-state index contributed by atoms with van der Waals surface area (Å²) >= 11 is 0. The van der Waals surface area contributed by atoms with Crippen LogP contribution in [0.4, 0.5) is 10.5 Å². The SMILES string of the molecule is CCC1=NC(C)(OC(=O)N(CCCCCC(=O)c2cc3c4c(c2)CCN4C(=O)CC3)CCc2cccc(OC)c2)C1. The number of Topliss-reactive ketones (excluding diaryl/α,β-unsaturated/α-hetero) is 1. The third-order valence-corrected chi connectivity index (χ3v) is 8.41. The van der Waals surface area contributed by atoms with Crippen LogP contribution in [-0.4, -0.2) is 60.9 Å². The van der Waals surface area contributed by atoms with Crippen molar-refractivity contribution in [1.82, 2.24) is 4.90 Å². The van der Waals surface area contributed by atoms with Crippen molar-refractivity contribution in [2.24, 2.45) is 4.99 Å². The molecule has 8 nitrogen and oxygen atoms in total. The summed E-state index contributed by atoms with van der Waals surface area (Å²) in [7, 11) is 1.65. The number of aliphatic imine (C=N–C) groups is 1. The van der Waals surface area contributed by atoms with E-state index in [-0.39, 0.29) is 17.8 Å². The van der Waals surface area contributed by atoms with Crippen molar-refractivity contribution < 1.29 is 23.9 Å². The number of anilines is 1. The summed E-state index contributed by atoms with van der Waals surface area (Å²) < 4.78 is 11.2. The Labute approximate surface area is 242 Å². The van der Waals surface area contributed by atoms with Gasteiger partial charge in [-0.2, -0.15) is 0 Å². The first-order valence-electron chi connectivity index (χ1n) is 15.0. The van der Waals surface area contributed by atoms with Gasteiger partial charge < -0.3 is 19.3 Å². The molecule has 0 bridgehead atoms. The molecule has 218 valence electrons. The number of unbranched alkanes of at least 4 members (excludes halogenated alkanes) is 2. The van der Waals surface area contributed by atoms with Crippen molar-refractivity contribution in [2.75, 3.05) is 31.6 Å². The highest BCUT2D eigenvalue weighted by molar-refractivity contribution is 6.02. The van der Waals surface area contributed by atoms with E-state index in [0.29, 0.717) is 45.2 Å². The number of ether oxygens (including phenoxy) is 2. The van der Waals surface area contributed by atoms with Crippen LogP contribution in [0, 0.1) is 0 Å². The fourth-order valence-electron chi connectivity index (χ4n) is 6.13. The van der Waals surface area contributed by atoms with Gasteiger partial charge in [0.1, 0.15) is 5.75 Å². The number of carbonyl (C=O) groups is 3. The van der Waals surface area contributed by atoms with Gasteiger partial charge in [0.25, 0.3) is 0 Å². The van der Waals surface area contributed by atoms with Gasteiger partial charge in [-0.25, -0.2) is 9.79 Å². The Morgan fingerprint density at radius 1 is 1.05 bits per heavy atom. The maximum Gasteiger partial charge on any atom is 0.411 e. The number of benzene rings is 2. The normalized spacial score (nSPS) is 18.9. The van der Waals surface area contributed by atoms with Gasteiger partial charge in [-0.1, -0.05) is 25.5 Å². The molecule has 0 saturated carbocycles. The minimum Gasteiger partial charge on any atom is -0.497 e. The van der Waals surface area contributed by atoms with Crippen LogP contribution in [0.1, 0.15) is 85.8 Å². The highest BCUT2D eigenvalue weighted by Crippen LogP contribution is 2.38. The zero-order valence-corrected chi connectivity index (χ0v) is 24.5. The number of hydrogen-bond donors (Lipinski definition) is 0. The van der Waals surface area contributed by atoms with Gasteiger partial charge in [-0.15, -0.1) is 0 Å². The van der Waals surface area contributed by atoms with Crippen LogP contribution in [0.5, 0.6) is 5.75 Å². The quantitative estimate of drug-likeness (QED) is 0.224. The van der Waals surface area contributed by atoms with Crippen LogP contribution in [0.15, 0.2) is 41.4 Å². The molecule has 2 aromatic carbocycles. The van der Waals surface area contributed by atoms with Crippen LogP contribution >= 0.6 is 0 Å². The number of nitrogens with zero attached hydrogens (tertiary/aromatic N) is 3. The Balaban J connectivity index is 1.14. The smallest absolute Gasteiger partial charge is 0.411 e. The zero-order chi connectivity index (χ0) is 29.0. The first-order valence-corrected chi connectivity index (χ1v) is 15.0. The molecule has 1 unspecified atom stereocenters. The van der Waals surface area contributed by atoms with Crippen molar-refractivity contribution >= 4 is 29.2 Å². The van der Waals surface area contributed by atoms with E-state index < -0.39 is 5.72 Å². The lowest BCUT2D eigenvalue weighted by Gasteiger charge is -2.36. The van der Waals surface area contributed by atoms with E-state index >= 15 is 0 Å². The monoisotopic (exact) mass is 559 g/mol. The third kappa shape index (κ3) is 6.63. The Hall–Kier alpha value is -3.68. The molecule has 2 amide bonds. The summed E-state index contributed by atoms with van der Waals surface area (Å²) in [6, 6.07) is 11.9. The molecule has 2 aromatic rings. The van der Waals surface area contributed by atoms with Gasteiger partial charge >= 0.3 is 6.09 Å². The highest BCUT2D eigenvalue weighted by atomic mass is 16.6. The molecular weight excluding hydrogens is 518 g/mol. The largest absolute Gasteiger partial charge is 0.497 e. The molecule has 3 heterocycles. The van der Waals surface area contributed by atoms with E-state index in [1.807, 2.05) is 48.2 Å². The molecule has 0 fully saturated rings. The minimum absolute atomic E-state index is 0.149. The second-order valence-corrected chi connectivity index (χ2v) is 11.5. The number of amides is 2. The Morgan fingerprint density at radius 3 is 2.59 bits per heavy atom. The van der Waals surface area contributed by atoms with Gasteiger partial charge in [0.05, 0.1) is 12.8 Å². The highest BCUT2D eigenvalue weighted by Gasteiger charge is 2.38. The number of methoxy groups -OCH3 is 1. The van der Waals surface area contributed by atoms with Crippen LogP contribution in [0.2, 0.25) is 0 Å². The number of aryl methyl sites for hydroxylation is 1. The maximum absolute atomic E-state index is 13.2. The van der Waals surface area contributed by atoms with E-state index in [1.165, 1.54) is 0 Å². The van der Waals surface area contributed by atoms with Crippen LogP contribution < -0.4 is 9.64 Å². The molecule has 0 spiro atoms. The van der Waals surface area contributed by atoms with E-state index in [1.54, 1.807) is 12.0 Å². The minimum atomic E-state index is -0.775. The fourth-order valence-corrected chi connectivity index (χ4v) is 6.13. The summed E-state index contributed by atoms with van der Waals surface area (Å²) in [4.78, 5) is 46.6. The first kappa shape index (κ1) is 28.8. The van der Waals surface area contributed by atoms with Gasteiger partial charge in [0.2, 0.25) is 11.6 Å². The first-order chi connectivity index (χ1) is 19.8. The van der Waals surface area contributed by atoms with Crippen LogP contribution in [0.3, 0.4) is 0 Å². The molecule has 1 atom stereocenters. The Bertz CT molecular complexity index is 1350. The Kier molecular flexibility index (Phi) is 8.76. The second-order valence-electron chi connectivity index (χ2n) is 11.5. The number of hydrogen-bond acceptors (Lipinski definition) is 6. The van der Waals surface area contributed by atoms with Crippen LogP contribution in [-0.2, 0) is 28.8 Å². The van der Waals surface area contributed by atoms with Gasteiger partial charge in [-0.05, 0) is 86.4 Å². The summed E-state index contributed by atoms with van der Waals surface area (Å²) in [5.41, 5.74) is 5.46. The van der Waals surface area contributed by atoms with Crippen molar-refractivity contribution in [3.05, 3.63) is 58.7 Å². The van der Waals surface area contributed by atoms with Crippen molar-refractivity contribution in [3.8, 4) is 5.75 Å². The topological polar surface area (TPSA) is 88.5 Å². The van der Waals surface area contributed by atoms with Gasteiger partial charge in [0.15, 0.2) is 5.78 Å². The van der Waals surface area contributed by atoms with E-state index in [4.69, 9.17) is 9.47 Å². The van der Waals surface area contributed by atoms with E-state index in [9.17, 15) is 14.4 Å². The Morgan fingerprint density at radius 2 is 1.83 bits per heavy atom. The molecular formula is C33H41N3O5.